The number of aryl methyl sites for hydroxylation is 1. The summed E-state index contributed by atoms with van der Waals surface area (Å²) in [6.45, 7) is 11.2. The molecule has 1 saturated carbocycles. The van der Waals surface area contributed by atoms with Gasteiger partial charge in [0.2, 0.25) is 0 Å². The van der Waals surface area contributed by atoms with Crippen LogP contribution in [0.4, 0.5) is 0 Å². The fraction of sp³-hybridized carbons (Fsp3) is 0.778. The molecule has 114 valence electrons. The topological polar surface area (TPSA) is 17.0 Å². The average molecular weight is 276 g/mol. The van der Waals surface area contributed by atoms with Crippen LogP contribution in [0.2, 0.25) is 0 Å². The van der Waals surface area contributed by atoms with Crippen LogP contribution in [-0.2, 0) is 13.1 Å². The summed E-state index contributed by atoms with van der Waals surface area (Å²) in [5.74, 6) is 0.906. The molecule has 0 bridgehead atoms. The average Bonchev–Trinajstić information content (AvgIpc) is 2.75. The van der Waals surface area contributed by atoms with Crippen LogP contribution in [0.5, 0.6) is 0 Å². The first-order valence-corrected chi connectivity index (χ1v) is 8.56. The van der Waals surface area contributed by atoms with Crippen molar-refractivity contribution >= 4 is 0 Å². The van der Waals surface area contributed by atoms with Crippen LogP contribution in [-0.4, -0.2) is 10.6 Å². The standard InChI is InChI=1S/C18H32N2/c1-5-18(16-10-8-7-9-11-16)19-13-17-12-14(3)20(6-2)15(17)4/h12,16,18-19H,5-11,13H2,1-4H3. The second-order valence-electron chi connectivity index (χ2n) is 6.43. The van der Waals surface area contributed by atoms with E-state index in [2.05, 4.69) is 43.6 Å². The van der Waals surface area contributed by atoms with Crippen molar-refractivity contribution < 1.29 is 0 Å². The van der Waals surface area contributed by atoms with Gasteiger partial charge >= 0.3 is 0 Å². The Morgan fingerprint density at radius 2 is 1.90 bits per heavy atom. The van der Waals surface area contributed by atoms with Crippen LogP contribution in [0, 0.1) is 19.8 Å². The molecular formula is C18H32N2. The maximum absolute atomic E-state index is 3.85. The van der Waals surface area contributed by atoms with Gasteiger partial charge in [0.05, 0.1) is 0 Å². The van der Waals surface area contributed by atoms with Gasteiger partial charge in [0.25, 0.3) is 0 Å². The van der Waals surface area contributed by atoms with E-state index in [1.807, 2.05) is 0 Å². The van der Waals surface area contributed by atoms with Crippen LogP contribution in [0.1, 0.15) is 69.3 Å². The summed E-state index contributed by atoms with van der Waals surface area (Å²) in [4.78, 5) is 0. The number of rotatable bonds is 6. The molecule has 0 saturated heterocycles. The summed E-state index contributed by atoms with van der Waals surface area (Å²) >= 11 is 0. The Morgan fingerprint density at radius 3 is 2.45 bits per heavy atom. The van der Waals surface area contributed by atoms with E-state index >= 15 is 0 Å². The molecule has 2 rings (SSSR count). The first kappa shape index (κ1) is 15.6. The van der Waals surface area contributed by atoms with Gasteiger partial charge in [-0.25, -0.2) is 0 Å². The van der Waals surface area contributed by atoms with E-state index in [9.17, 15) is 0 Å². The van der Waals surface area contributed by atoms with Crippen LogP contribution < -0.4 is 5.32 Å². The normalized spacial score (nSPS) is 18.4. The Labute approximate surface area is 125 Å². The molecule has 2 heteroatoms. The summed E-state index contributed by atoms with van der Waals surface area (Å²) in [6, 6.07) is 3.07. The molecule has 1 aromatic heterocycles. The smallest absolute Gasteiger partial charge is 0.0226 e. The molecular weight excluding hydrogens is 244 g/mol. The van der Waals surface area contributed by atoms with Gasteiger partial charge in [0.1, 0.15) is 0 Å². The van der Waals surface area contributed by atoms with E-state index in [0.717, 1.165) is 19.0 Å². The molecule has 1 unspecified atom stereocenters. The zero-order valence-corrected chi connectivity index (χ0v) is 13.8. The molecule has 0 radical (unpaired) electrons. The van der Waals surface area contributed by atoms with Crippen LogP contribution in [0.3, 0.4) is 0 Å². The van der Waals surface area contributed by atoms with E-state index in [1.165, 1.54) is 55.5 Å². The van der Waals surface area contributed by atoms with Crippen molar-refractivity contribution in [1.29, 1.82) is 0 Å². The quantitative estimate of drug-likeness (QED) is 0.805. The van der Waals surface area contributed by atoms with Gasteiger partial charge in [-0.1, -0.05) is 26.2 Å². The lowest BCUT2D eigenvalue weighted by atomic mass is 9.83. The Bertz CT molecular complexity index is 413. The number of nitrogens with zero attached hydrogens (tertiary/aromatic N) is 1. The first-order chi connectivity index (χ1) is 9.67. The lowest BCUT2D eigenvalue weighted by Crippen LogP contribution is -2.36. The Balaban J connectivity index is 1.95. The fourth-order valence-corrected chi connectivity index (χ4v) is 3.96. The highest BCUT2D eigenvalue weighted by Crippen LogP contribution is 2.28. The molecule has 1 aliphatic carbocycles. The highest BCUT2D eigenvalue weighted by molar-refractivity contribution is 5.26. The number of nitrogens with one attached hydrogen (secondary N) is 1. The second-order valence-corrected chi connectivity index (χ2v) is 6.43. The van der Waals surface area contributed by atoms with Crippen molar-refractivity contribution in [3.8, 4) is 0 Å². The van der Waals surface area contributed by atoms with Crippen LogP contribution in [0.25, 0.3) is 0 Å². The fourth-order valence-electron chi connectivity index (χ4n) is 3.96. The van der Waals surface area contributed by atoms with Gasteiger partial charge in [-0.05, 0) is 57.6 Å². The zero-order valence-electron chi connectivity index (χ0n) is 13.8. The number of hydrogen-bond acceptors (Lipinski definition) is 1. The Morgan fingerprint density at radius 1 is 1.20 bits per heavy atom. The van der Waals surface area contributed by atoms with Crippen LogP contribution >= 0.6 is 0 Å². The lowest BCUT2D eigenvalue weighted by Gasteiger charge is -2.30. The van der Waals surface area contributed by atoms with Crippen LogP contribution in [0.15, 0.2) is 6.07 Å². The van der Waals surface area contributed by atoms with E-state index in [4.69, 9.17) is 0 Å². The Kier molecular flexibility index (Phi) is 5.71. The molecule has 1 aromatic rings. The summed E-state index contributed by atoms with van der Waals surface area (Å²) in [5, 5.41) is 3.85. The monoisotopic (exact) mass is 276 g/mol. The predicted octanol–water partition coefficient (Wildman–Crippen LogP) is 4.57. The van der Waals surface area contributed by atoms with Crippen molar-refractivity contribution in [2.24, 2.45) is 5.92 Å². The maximum Gasteiger partial charge on any atom is 0.0226 e. The highest BCUT2D eigenvalue weighted by atomic mass is 15.0. The highest BCUT2D eigenvalue weighted by Gasteiger charge is 2.22. The van der Waals surface area contributed by atoms with Crippen molar-refractivity contribution in [2.75, 3.05) is 0 Å². The van der Waals surface area contributed by atoms with Gasteiger partial charge in [-0.2, -0.15) is 0 Å². The summed E-state index contributed by atoms with van der Waals surface area (Å²) in [5.41, 5.74) is 4.32. The number of aromatic nitrogens is 1. The third-order valence-corrected chi connectivity index (χ3v) is 5.21. The van der Waals surface area contributed by atoms with Gasteiger partial charge < -0.3 is 9.88 Å². The van der Waals surface area contributed by atoms with E-state index in [-0.39, 0.29) is 0 Å². The molecule has 1 heterocycles. The second kappa shape index (κ2) is 7.31. The van der Waals surface area contributed by atoms with Gasteiger partial charge in [0, 0.05) is 30.5 Å². The van der Waals surface area contributed by atoms with Gasteiger partial charge in [-0.3, -0.25) is 0 Å². The SMILES string of the molecule is CCC(NCc1cc(C)n(CC)c1C)C1CCCCC1. The summed E-state index contributed by atoms with van der Waals surface area (Å²) in [7, 11) is 0. The third-order valence-electron chi connectivity index (χ3n) is 5.21. The van der Waals surface area contributed by atoms with E-state index in [0.29, 0.717) is 6.04 Å². The molecule has 1 aliphatic rings. The minimum Gasteiger partial charge on any atom is -0.349 e. The molecule has 2 nitrogen and oxygen atoms in total. The van der Waals surface area contributed by atoms with Crippen molar-refractivity contribution in [3.63, 3.8) is 0 Å². The lowest BCUT2D eigenvalue weighted by molar-refractivity contribution is 0.261. The molecule has 0 aliphatic heterocycles. The molecule has 20 heavy (non-hydrogen) atoms. The predicted molar refractivity (Wildman–Crippen MR) is 87.1 cm³/mol. The van der Waals surface area contributed by atoms with Crippen molar-refractivity contribution in [1.82, 2.24) is 9.88 Å². The van der Waals surface area contributed by atoms with Crippen molar-refractivity contribution in [2.45, 2.75) is 85.4 Å². The molecule has 1 atom stereocenters. The minimum absolute atomic E-state index is 0.708. The Hall–Kier alpha value is -0.760. The first-order valence-electron chi connectivity index (χ1n) is 8.56. The maximum atomic E-state index is 3.85. The largest absolute Gasteiger partial charge is 0.349 e. The minimum atomic E-state index is 0.708. The number of hydrogen-bond donors (Lipinski definition) is 1. The van der Waals surface area contributed by atoms with E-state index < -0.39 is 0 Å². The summed E-state index contributed by atoms with van der Waals surface area (Å²) < 4.78 is 2.42. The van der Waals surface area contributed by atoms with E-state index in [1.54, 1.807) is 0 Å². The molecule has 0 amide bonds. The zero-order chi connectivity index (χ0) is 14.5. The molecule has 0 aromatic carbocycles. The van der Waals surface area contributed by atoms with Crippen molar-refractivity contribution in [3.05, 3.63) is 23.0 Å². The summed E-state index contributed by atoms with van der Waals surface area (Å²) in [6.07, 6.45) is 8.45. The third kappa shape index (κ3) is 3.46. The molecule has 0 spiro atoms. The van der Waals surface area contributed by atoms with Gasteiger partial charge in [0.15, 0.2) is 0 Å². The molecule has 1 fully saturated rings. The van der Waals surface area contributed by atoms with Gasteiger partial charge in [-0.15, -0.1) is 0 Å². The molecule has 1 N–H and O–H groups in total.